The van der Waals surface area contributed by atoms with Gasteiger partial charge in [0.25, 0.3) is 5.91 Å². The van der Waals surface area contributed by atoms with Gasteiger partial charge in [0, 0.05) is 32.3 Å². The minimum absolute atomic E-state index is 0.0473. The zero-order valence-corrected chi connectivity index (χ0v) is 13.2. The average Bonchev–Trinajstić information content (AvgIpc) is 2.50. The molecule has 1 aromatic rings. The zero-order chi connectivity index (χ0) is 15.7. The largest absolute Gasteiger partial charge is 0.383 e. The summed E-state index contributed by atoms with van der Waals surface area (Å²) in [6, 6.07) is 5.97. The van der Waals surface area contributed by atoms with Gasteiger partial charge in [-0.25, -0.2) is 8.42 Å². The van der Waals surface area contributed by atoms with Crippen molar-refractivity contribution in [1.82, 2.24) is 10.6 Å². The first kappa shape index (κ1) is 17.6. The summed E-state index contributed by atoms with van der Waals surface area (Å²) in [6.07, 6.45) is 0. The highest BCUT2D eigenvalue weighted by molar-refractivity contribution is 7.91. The third kappa shape index (κ3) is 5.82. The van der Waals surface area contributed by atoms with E-state index in [0.29, 0.717) is 25.3 Å². The van der Waals surface area contributed by atoms with Crippen molar-refractivity contribution in [3.63, 3.8) is 0 Å². The number of rotatable bonds is 9. The SMILES string of the molecule is CCS(=O)(=O)c1ccc(C(=O)NCCNCCOC)cc1. The van der Waals surface area contributed by atoms with Gasteiger partial charge in [-0.15, -0.1) is 0 Å². The lowest BCUT2D eigenvalue weighted by Gasteiger charge is -2.07. The highest BCUT2D eigenvalue weighted by Crippen LogP contribution is 2.12. The molecule has 0 aliphatic carbocycles. The Morgan fingerprint density at radius 1 is 1.14 bits per heavy atom. The Hall–Kier alpha value is -1.44. The fourth-order valence-corrected chi connectivity index (χ4v) is 2.53. The Morgan fingerprint density at radius 2 is 1.81 bits per heavy atom. The normalized spacial score (nSPS) is 11.3. The summed E-state index contributed by atoms with van der Waals surface area (Å²) in [4.78, 5) is 12.1. The van der Waals surface area contributed by atoms with E-state index >= 15 is 0 Å². The van der Waals surface area contributed by atoms with Gasteiger partial charge in [-0.3, -0.25) is 4.79 Å². The molecule has 6 nitrogen and oxygen atoms in total. The van der Waals surface area contributed by atoms with Crippen LogP contribution in [0.25, 0.3) is 0 Å². The third-order valence-electron chi connectivity index (χ3n) is 2.93. The number of amides is 1. The standard InChI is InChI=1S/C14H22N2O4S/c1-3-21(18,19)13-6-4-12(5-7-13)14(17)16-9-8-15-10-11-20-2/h4-7,15H,3,8-11H2,1-2H3,(H,16,17). The fourth-order valence-electron chi connectivity index (χ4n) is 1.65. The van der Waals surface area contributed by atoms with Crippen LogP contribution in [0.4, 0.5) is 0 Å². The Labute approximate surface area is 125 Å². The molecule has 1 aromatic carbocycles. The first-order valence-electron chi connectivity index (χ1n) is 6.82. The molecular formula is C14H22N2O4S. The van der Waals surface area contributed by atoms with Gasteiger partial charge < -0.3 is 15.4 Å². The van der Waals surface area contributed by atoms with Crippen molar-refractivity contribution < 1.29 is 17.9 Å². The van der Waals surface area contributed by atoms with Gasteiger partial charge in [-0.2, -0.15) is 0 Å². The van der Waals surface area contributed by atoms with Gasteiger partial charge >= 0.3 is 0 Å². The maximum atomic E-state index is 11.9. The van der Waals surface area contributed by atoms with Gasteiger partial charge in [0.2, 0.25) is 0 Å². The molecular weight excluding hydrogens is 292 g/mol. The molecule has 0 aromatic heterocycles. The summed E-state index contributed by atoms with van der Waals surface area (Å²) < 4.78 is 28.2. The molecule has 21 heavy (non-hydrogen) atoms. The molecule has 0 heterocycles. The molecule has 0 fully saturated rings. The van der Waals surface area contributed by atoms with Crippen LogP contribution >= 0.6 is 0 Å². The predicted molar refractivity (Wildman–Crippen MR) is 81.2 cm³/mol. The summed E-state index contributed by atoms with van der Waals surface area (Å²) >= 11 is 0. The van der Waals surface area contributed by atoms with Gasteiger partial charge in [0.15, 0.2) is 9.84 Å². The molecule has 0 unspecified atom stereocenters. The number of benzene rings is 1. The van der Waals surface area contributed by atoms with Crippen molar-refractivity contribution in [1.29, 1.82) is 0 Å². The molecule has 0 aliphatic heterocycles. The Morgan fingerprint density at radius 3 is 2.38 bits per heavy atom. The van der Waals surface area contributed by atoms with E-state index in [9.17, 15) is 13.2 Å². The Bertz CT molecular complexity index is 541. The topological polar surface area (TPSA) is 84.5 Å². The lowest BCUT2D eigenvalue weighted by atomic mass is 10.2. The molecule has 118 valence electrons. The van der Waals surface area contributed by atoms with Crippen molar-refractivity contribution >= 4 is 15.7 Å². The van der Waals surface area contributed by atoms with E-state index in [4.69, 9.17) is 4.74 Å². The molecule has 0 saturated heterocycles. The Balaban J connectivity index is 2.45. The second kappa shape index (κ2) is 8.76. The maximum absolute atomic E-state index is 11.9. The van der Waals surface area contributed by atoms with E-state index in [0.717, 1.165) is 6.54 Å². The lowest BCUT2D eigenvalue weighted by molar-refractivity contribution is 0.0953. The second-order valence-electron chi connectivity index (χ2n) is 4.43. The molecule has 0 aliphatic rings. The van der Waals surface area contributed by atoms with Crippen LogP contribution < -0.4 is 10.6 Å². The minimum Gasteiger partial charge on any atom is -0.383 e. The van der Waals surface area contributed by atoms with E-state index in [1.807, 2.05) is 0 Å². The van der Waals surface area contributed by atoms with E-state index in [1.54, 1.807) is 14.0 Å². The van der Waals surface area contributed by atoms with Gasteiger partial charge in [-0.1, -0.05) is 6.92 Å². The van der Waals surface area contributed by atoms with Gasteiger partial charge in [0.1, 0.15) is 0 Å². The molecule has 0 spiro atoms. The first-order chi connectivity index (χ1) is 10.0. The average molecular weight is 314 g/mol. The quantitative estimate of drug-likeness (QED) is 0.646. The fraction of sp³-hybridized carbons (Fsp3) is 0.500. The van der Waals surface area contributed by atoms with Crippen molar-refractivity contribution in [2.24, 2.45) is 0 Å². The number of sulfone groups is 1. The van der Waals surface area contributed by atoms with Crippen molar-refractivity contribution in [3.05, 3.63) is 29.8 Å². The molecule has 1 amide bonds. The minimum atomic E-state index is -3.22. The van der Waals surface area contributed by atoms with E-state index in [2.05, 4.69) is 10.6 Å². The number of hydrogen-bond donors (Lipinski definition) is 2. The summed E-state index contributed by atoms with van der Waals surface area (Å²) in [6.45, 7) is 4.10. The number of carbonyl (C=O) groups excluding carboxylic acids is 1. The number of nitrogens with one attached hydrogen (secondary N) is 2. The molecule has 1 rings (SSSR count). The predicted octanol–water partition coefficient (Wildman–Crippen LogP) is 0.446. The summed E-state index contributed by atoms with van der Waals surface area (Å²) in [5.74, 6) is -0.171. The lowest BCUT2D eigenvalue weighted by Crippen LogP contribution is -2.33. The summed E-state index contributed by atoms with van der Waals surface area (Å²) in [7, 11) is -1.59. The number of methoxy groups -OCH3 is 1. The van der Waals surface area contributed by atoms with Crippen LogP contribution in [0.3, 0.4) is 0 Å². The smallest absolute Gasteiger partial charge is 0.251 e. The summed E-state index contributed by atoms with van der Waals surface area (Å²) in [5.41, 5.74) is 0.446. The maximum Gasteiger partial charge on any atom is 0.251 e. The molecule has 0 atom stereocenters. The second-order valence-corrected chi connectivity index (χ2v) is 6.70. The number of ether oxygens (including phenoxy) is 1. The van der Waals surface area contributed by atoms with Crippen LogP contribution in [0.1, 0.15) is 17.3 Å². The zero-order valence-electron chi connectivity index (χ0n) is 12.4. The van der Waals surface area contributed by atoms with Crippen LogP contribution in [0.5, 0.6) is 0 Å². The van der Waals surface area contributed by atoms with Crippen LogP contribution in [-0.2, 0) is 14.6 Å². The molecule has 0 saturated carbocycles. The molecule has 0 bridgehead atoms. The van der Waals surface area contributed by atoms with E-state index in [1.165, 1.54) is 24.3 Å². The van der Waals surface area contributed by atoms with E-state index in [-0.39, 0.29) is 16.6 Å². The van der Waals surface area contributed by atoms with Crippen LogP contribution in [0, 0.1) is 0 Å². The van der Waals surface area contributed by atoms with Crippen molar-refractivity contribution in [2.45, 2.75) is 11.8 Å². The first-order valence-corrected chi connectivity index (χ1v) is 8.47. The van der Waals surface area contributed by atoms with E-state index < -0.39 is 9.84 Å². The number of carbonyl (C=O) groups is 1. The van der Waals surface area contributed by atoms with Crippen molar-refractivity contribution in [2.75, 3.05) is 39.1 Å². The van der Waals surface area contributed by atoms with Crippen molar-refractivity contribution in [3.8, 4) is 0 Å². The summed E-state index contributed by atoms with van der Waals surface area (Å²) in [5, 5.41) is 5.87. The third-order valence-corrected chi connectivity index (χ3v) is 4.68. The van der Waals surface area contributed by atoms with Crippen LogP contribution in [0.2, 0.25) is 0 Å². The highest BCUT2D eigenvalue weighted by atomic mass is 32.2. The van der Waals surface area contributed by atoms with Crippen LogP contribution in [0.15, 0.2) is 29.2 Å². The highest BCUT2D eigenvalue weighted by Gasteiger charge is 2.12. The molecule has 7 heteroatoms. The van der Waals surface area contributed by atoms with Crippen LogP contribution in [-0.4, -0.2) is 53.4 Å². The Kier molecular flexibility index (Phi) is 7.35. The molecule has 0 radical (unpaired) electrons. The number of hydrogen-bond acceptors (Lipinski definition) is 5. The van der Waals surface area contributed by atoms with Gasteiger partial charge in [0.05, 0.1) is 17.3 Å². The molecule has 2 N–H and O–H groups in total. The monoisotopic (exact) mass is 314 g/mol. The van der Waals surface area contributed by atoms with Gasteiger partial charge in [-0.05, 0) is 24.3 Å².